The van der Waals surface area contributed by atoms with E-state index in [2.05, 4.69) is 23.9 Å². The highest BCUT2D eigenvalue weighted by Crippen LogP contribution is 2.68. The van der Waals surface area contributed by atoms with Crippen LogP contribution in [0.25, 0.3) is 10.9 Å². The van der Waals surface area contributed by atoms with E-state index in [0.29, 0.717) is 36.0 Å². The highest BCUT2D eigenvalue weighted by Gasteiger charge is 2.65. The summed E-state index contributed by atoms with van der Waals surface area (Å²) in [5, 5.41) is 16.4. The van der Waals surface area contributed by atoms with Gasteiger partial charge in [0.1, 0.15) is 5.52 Å². The van der Waals surface area contributed by atoms with Gasteiger partial charge in [0.15, 0.2) is 5.78 Å². The number of nitrogens with zero attached hydrogens (tertiary/aromatic N) is 3. The first-order chi connectivity index (χ1) is 16.7. The minimum Gasteiger partial charge on any atom is -0.390 e. The van der Waals surface area contributed by atoms with Crippen LogP contribution in [0.5, 0.6) is 0 Å². The summed E-state index contributed by atoms with van der Waals surface area (Å²) in [5.74, 6) is 2.72. The van der Waals surface area contributed by atoms with Crippen molar-refractivity contribution < 1.29 is 14.6 Å². The molecule has 4 aliphatic carbocycles. The first-order valence-electron chi connectivity index (χ1n) is 13.7. The Bertz CT molecular complexity index is 1090. The second-order valence-electron chi connectivity index (χ2n) is 13.0. The van der Waals surface area contributed by atoms with Crippen molar-refractivity contribution in [2.75, 3.05) is 7.11 Å². The number of methoxy groups -OCH3 is 1. The van der Waals surface area contributed by atoms with Crippen LogP contribution in [0.2, 0.25) is 0 Å². The van der Waals surface area contributed by atoms with Gasteiger partial charge in [-0.2, -0.15) is 5.10 Å². The van der Waals surface area contributed by atoms with Gasteiger partial charge in [0.2, 0.25) is 0 Å². The first kappa shape index (κ1) is 23.6. The number of rotatable bonds is 4. The van der Waals surface area contributed by atoms with E-state index in [1.165, 1.54) is 12.8 Å². The summed E-state index contributed by atoms with van der Waals surface area (Å²) >= 11 is 0. The standard InChI is InChI=1S/C29H41N3O3/c1-27(34)10-11-28(2)19(14-27)5-6-20-21-7-8-22(29(21,3)26(35-4)13-23(20)28)25(33)17-32-16-18-9-12-30-15-24(18)31-32/h9,12,15-16,19-23,26,34H,5-8,10-11,13-14,17H2,1-4H3/t19-,20-,21-,22+,23-,26-,27+,28-,29-/m0/s1. The van der Waals surface area contributed by atoms with E-state index >= 15 is 0 Å². The van der Waals surface area contributed by atoms with Crippen molar-refractivity contribution in [1.29, 1.82) is 0 Å². The third-order valence-electron chi connectivity index (χ3n) is 11.4. The topological polar surface area (TPSA) is 77.2 Å². The molecule has 9 atom stereocenters. The second-order valence-corrected chi connectivity index (χ2v) is 13.0. The van der Waals surface area contributed by atoms with Crippen LogP contribution in [-0.4, -0.2) is 44.5 Å². The van der Waals surface area contributed by atoms with E-state index in [-0.39, 0.29) is 22.9 Å². The molecule has 2 heterocycles. The van der Waals surface area contributed by atoms with E-state index in [1.807, 2.05) is 26.3 Å². The van der Waals surface area contributed by atoms with Crippen molar-refractivity contribution in [2.24, 2.45) is 40.4 Å². The molecule has 4 fully saturated rings. The number of hydrogen-bond acceptors (Lipinski definition) is 5. The van der Waals surface area contributed by atoms with Crippen LogP contribution in [-0.2, 0) is 16.1 Å². The van der Waals surface area contributed by atoms with Gasteiger partial charge in [-0.3, -0.25) is 14.5 Å². The molecule has 6 heteroatoms. The Hall–Kier alpha value is -1.79. The number of fused-ring (bicyclic) bond motifs is 6. The lowest BCUT2D eigenvalue weighted by Gasteiger charge is -2.63. The smallest absolute Gasteiger partial charge is 0.157 e. The molecule has 0 spiro atoms. The van der Waals surface area contributed by atoms with Crippen molar-refractivity contribution in [3.63, 3.8) is 0 Å². The predicted molar refractivity (Wildman–Crippen MR) is 135 cm³/mol. The van der Waals surface area contributed by atoms with Gasteiger partial charge in [0, 0.05) is 36.2 Å². The summed E-state index contributed by atoms with van der Waals surface area (Å²) in [6.45, 7) is 7.22. The van der Waals surface area contributed by atoms with Gasteiger partial charge < -0.3 is 9.84 Å². The number of Topliss-reactive ketones (excluding diaryl/α,β-unsaturated/α-hetero) is 1. The maximum Gasteiger partial charge on any atom is 0.157 e. The Balaban J connectivity index is 1.26. The lowest BCUT2D eigenvalue weighted by molar-refractivity contribution is -0.188. The van der Waals surface area contributed by atoms with E-state index in [9.17, 15) is 9.90 Å². The quantitative estimate of drug-likeness (QED) is 0.665. The van der Waals surface area contributed by atoms with Crippen molar-refractivity contribution in [3.05, 3.63) is 24.7 Å². The van der Waals surface area contributed by atoms with Crippen LogP contribution in [0.4, 0.5) is 0 Å². The molecule has 0 aliphatic heterocycles. The molecule has 0 saturated heterocycles. The summed E-state index contributed by atoms with van der Waals surface area (Å²) in [6, 6.07) is 1.94. The average molecular weight is 480 g/mol. The third-order valence-corrected chi connectivity index (χ3v) is 11.4. The fraction of sp³-hybridized carbons (Fsp3) is 0.759. The zero-order valence-electron chi connectivity index (χ0n) is 21.7. The van der Waals surface area contributed by atoms with Crippen molar-refractivity contribution in [2.45, 2.75) is 90.4 Å². The van der Waals surface area contributed by atoms with E-state index in [4.69, 9.17) is 4.74 Å². The molecule has 6 rings (SSSR count). The number of carbonyl (C=O) groups is 1. The van der Waals surface area contributed by atoms with Crippen LogP contribution in [0.3, 0.4) is 0 Å². The number of pyridine rings is 1. The molecule has 2 aromatic rings. The van der Waals surface area contributed by atoms with Crippen LogP contribution >= 0.6 is 0 Å². The van der Waals surface area contributed by atoms with Gasteiger partial charge in [-0.15, -0.1) is 0 Å². The minimum atomic E-state index is -0.515. The lowest BCUT2D eigenvalue weighted by Crippen LogP contribution is -2.60. The predicted octanol–water partition coefficient (Wildman–Crippen LogP) is 5.04. The SMILES string of the molecule is CO[C@H]1C[C@H]2[C@@H](CC[C@H]3C[C@](C)(O)CC[C@@]32C)[C@@H]2CC[C@H](C(=O)Cn3cc4ccncc4n3)[C@@]12C. The molecule has 0 radical (unpaired) electrons. The lowest BCUT2D eigenvalue weighted by atomic mass is 9.43. The number of hydrogen-bond donors (Lipinski definition) is 1. The maximum absolute atomic E-state index is 13.8. The van der Waals surface area contributed by atoms with Gasteiger partial charge in [-0.1, -0.05) is 13.8 Å². The summed E-state index contributed by atoms with van der Waals surface area (Å²) in [6.07, 6.45) is 14.1. The molecule has 0 bridgehead atoms. The highest BCUT2D eigenvalue weighted by molar-refractivity contribution is 5.83. The number of aromatic nitrogens is 3. The number of aliphatic hydroxyl groups is 1. The summed E-state index contributed by atoms with van der Waals surface area (Å²) < 4.78 is 8.07. The Labute approximate surface area is 208 Å². The summed E-state index contributed by atoms with van der Waals surface area (Å²) in [4.78, 5) is 17.9. The Morgan fingerprint density at radius 1 is 1.17 bits per heavy atom. The first-order valence-corrected chi connectivity index (χ1v) is 13.7. The molecule has 35 heavy (non-hydrogen) atoms. The number of ether oxygens (including phenoxy) is 1. The van der Waals surface area contributed by atoms with Gasteiger partial charge in [0.05, 0.1) is 24.4 Å². The maximum atomic E-state index is 13.8. The molecular formula is C29H41N3O3. The molecule has 0 aromatic carbocycles. The van der Waals surface area contributed by atoms with Gasteiger partial charge in [-0.05, 0) is 93.4 Å². The molecular weight excluding hydrogens is 438 g/mol. The van der Waals surface area contributed by atoms with Gasteiger partial charge >= 0.3 is 0 Å². The Morgan fingerprint density at radius 3 is 2.77 bits per heavy atom. The molecule has 0 unspecified atom stereocenters. The van der Waals surface area contributed by atoms with Gasteiger partial charge in [0.25, 0.3) is 0 Å². The minimum absolute atomic E-state index is 0.0152. The van der Waals surface area contributed by atoms with Gasteiger partial charge in [-0.25, -0.2) is 0 Å². The van der Waals surface area contributed by atoms with E-state index in [0.717, 1.165) is 49.4 Å². The molecule has 0 amide bonds. The molecule has 6 nitrogen and oxygen atoms in total. The zero-order chi connectivity index (χ0) is 24.6. The number of ketones is 1. The fourth-order valence-corrected chi connectivity index (χ4v) is 9.51. The van der Waals surface area contributed by atoms with E-state index in [1.54, 1.807) is 17.1 Å². The molecule has 1 N–H and O–H groups in total. The van der Waals surface area contributed by atoms with Crippen LogP contribution in [0, 0.1) is 40.4 Å². The molecule has 2 aromatic heterocycles. The summed E-state index contributed by atoms with van der Waals surface area (Å²) in [7, 11) is 1.86. The summed E-state index contributed by atoms with van der Waals surface area (Å²) in [5.41, 5.74) is 0.473. The van der Waals surface area contributed by atoms with Crippen LogP contribution in [0.15, 0.2) is 24.7 Å². The van der Waals surface area contributed by atoms with Crippen molar-refractivity contribution >= 4 is 16.7 Å². The fourth-order valence-electron chi connectivity index (χ4n) is 9.51. The van der Waals surface area contributed by atoms with Crippen molar-refractivity contribution in [3.8, 4) is 0 Å². The van der Waals surface area contributed by atoms with Crippen LogP contribution < -0.4 is 0 Å². The Morgan fingerprint density at radius 2 is 2.00 bits per heavy atom. The molecule has 4 saturated carbocycles. The highest BCUT2D eigenvalue weighted by atomic mass is 16.5. The third kappa shape index (κ3) is 3.53. The average Bonchev–Trinajstić information content (AvgIpc) is 3.39. The Kier molecular flexibility index (Phi) is 5.47. The number of carbonyl (C=O) groups excluding carboxylic acids is 1. The molecule has 4 aliphatic rings. The van der Waals surface area contributed by atoms with Crippen molar-refractivity contribution in [1.82, 2.24) is 14.8 Å². The van der Waals surface area contributed by atoms with E-state index < -0.39 is 5.60 Å². The second kappa shape index (κ2) is 8.11. The monoisotopic (exact) mass is 479 g/mol. The van der Waals surface area contributed by atoms with Crippen LogP contribution in [0.1, 0.15) is 72.1 Å². The largest absolute Gasteiger partial charge is 0.390 e. The molecule has 190 valence electrons. The normalized spacial score (nSPS) is 45.1. The zero-order valence-corrected chi connectivity index (χ0v) is 21.7.